The van der Waals surface area contributed by atoms with Gasteiger partial charge in [0, 0.05) is 11.6 Å². The van der Waals surface area contributed by atoms with E-state index in [4.69, 9.17) is 0 Å². The molecule has 72 valence electrons. The van der Waals surface area contributed by atoms with Gasteiger partial charge in [0.2, 0.25) is 0 Å². The summed E-state index contributed by atoms with van der Waals surface area (Å²) in [5.41, 5.74) is 10.3. The molecule has 0 unspecified atom stereocenters. The molecule has 4 heteroatoms. The molecular formula is C10H11N3S. The van der Waals surface area contributed by atoms with Gasteiger partial charge in [-0.3, -0.25) is 4.98 Å². The number of thiocarbonyl (C=S) groups is 1. The molecule has 0 fully saturated rings. The van der Waals surface area contributed by atoms with E-state index >= 15 is 0 Å². The summed E-state index contributed by atoms with van der Waals surface area (Å²) >= 11 is 4.09. The molecule has 0 amide bonds. The van der Waals surface area contributed by atoms with Crippen LogP contribution in [0, 0.1) is 0 Å². The first-order chi connectivity index (χ1) is 6.70. The second kappa shape index (κ2) is 5.14. The first kappa shape index (κ1) is 10.4. The van der Waals surface area contributed by atoms with Gasteiger partial charge in [0.15, 0.2) is 5.11 Å². The number of aromatic nitrogens is 1. The van der Waals surface area contributed by atoms with Crippen LogP contribution >= 0.6 is 12.2 Å². The summed E-state index contributed by atoms with van der Waals surface area (Å²) < 4.78 is 0. The van der Waals surface area contributed by atoms with Crippen molar-refractivity contribution >= 4 is 28.2 Å². The van der Waals surface area contributed by atoms with E-state index in [1.54, 1.807) is 0 Å². The van der Waals surface area contributed by atoms with Crippen LogP contribution in [0.5, 0.6) is 0 Å². The van der Waals surface area contributed by atoms with Gasteiger partial charge < -0.3 is 11.5 Å². The number of nitrogens with two attached hydrogens (primary N) is 2. The third-order valence-corrected chi connectivity index (χ3v) is 1.51. The highest BCUT2D eigenvalue weighted by molar-refractivity contribution is 7.80. The van der Waals surface area contributed by atoms with E-state index in [2.05, 4.69) is 40.8 Å². The minimum atomic E-state index is 0.000000000000000222. The summed E-state index contributed by atoms with van der Waals surface area (Å²) in [6.45, 7) is 0. The molecule has 0 spiro atoms. The Labute approximate surface area is 87.7 Å². The maximum atomic E-state index is 4.62. The smallest absolute Gasteiger partial charge is 0.160 e. The van der Waals surface area contributed by atoms with E-state index in [-0.39, 0.29) is 5.11 Å². The maximum Gasteiger partial charge on any atom is 0.160 e. The van der Waals surface area contributed by atoms with Crippen LogP contribution in [0.4, 0.5) is 0 Å². The predicted octanol–water partition coefficient (Wildman–Crippen LogP) is 1.42. The van der Waals surface area contributed by atoms with Gasteiger partial charge in [-0.05, 0) is 24.4 Å². The van der Waals surface area contributed by atoms with Crippen molar-refractivity contribution in [2.24, 2.45) is 11.5 Å². The van der Waals surface area contributed by atoms with Gasteiger partial charge in [0.1, 0.15) is 0 Å². The number of rotatable bonds is 0. The molecule has 1 heterocycles. The second-order valence-electron chi connectivity index (χ2n) is 2.60. The molecule has 0 aliphatic carbocycles. The minimum Gasteiger partial charge on any atom is -0.377 e. The lowest BCUT2D eigenvalue weighted by Crippen LogP contribution is -2.18. The van der Waals surface area contributed by atoms with E-state index < -0.39 is 0 Å². The molecule has 14 heavy (non-hydrogen) atoms. The number of nitrogens with zero attached hydrogens (tertiary/aromatic N) is 1. The summed E-state index contributed by atoms with van der Waals surface area (Å²) in [7, 11) is 0. The third-order valence-electron chi connectivity index (χ3n) is 1.51. The molecule has 1 aromatic heterocycles. The average Bonchev–Trinajstić information content (AvgIpc) is 2.17. The fraction of sp³-hybridized carbons (Fsp3) is 0. The SMILES string of the molecule is NC(N)=S.c1ccc2ncccc2c1. The van der Waals surface area contributed by atoms with Crippen molar-refractivity contribution in [3.05, 3.63) is 42.6 Å². The van der Waals surface area contributed by atoms with Crippen LogP contribution < -0.4 is 11.5 Å². The van der Waals surface area contributed by atoms with Crippen molar-refractivity contribution in [2.45, 2.75) is 0 Å². The molecule has 1 aromatic carbocycles. The summed E-state index contributed by atoms with van der Waals surface area (Å²) in [6, 6.07) is 12.1. The number of para-hydroxylation sites is 1. The Morgan fingerprint density at radius 2 is 1.64 bits per heavy atom. The average molecular weight is 205 g/mol. The monoisotopic (exact) mass is 205 g/mol. The van der Waals surface area contributed by atoms with E-state index in [0.717, 1.165) is 5.52 Å². The summed E-state index contributed by atoms with van der Waals surface area (Å²) in [5, 5.41) is 1.20. The third kappa shape index (κ3) is 3.37. The van der Waals surface area contributed by atoms with Crippen molar-refractivity contribution in [1.82, 2.24) is 4.98 Å². The molecular weight excluding hydrogens is 194 g/mol. The van der Waals surface area contributed by atoms with Crippen LogP contribution in [0.3, 0.4) is 0 Å². The van der Waals surface area contributed by atoms with Gasteiger partial charge in [-0.15, -0.1) is 0 Å². The van der Waals surface area contributed by atoms with Crippen molar-refractivity contribution in [3.8, 4) is 0 Å². The van der Waals surface area contributed by atoms with Crippen LogP contribution in [-0.2, 0) is 0 Å². The van der Waals surface area contributed by atoms with Crippen molar-refractivity contribution < 1.29 is 0 Å². The second-order valence-corrected chi connectivity index (χ2v) is 3.07. The highest BCUT2D eigenvalue weighted by Gasteiger charge is 1.86. The first-order valence-corrected chi connectivity index (χ1v) is 4.45. The van der Waals surface area contributed by atoms with Crippen LogP contribution in [0.2, 0.25) is 0 Å². The van der Waals surface area contributed by atoms with Gasteiger partial charge in [-0.2, -0.15) is 0 Å². The molecule has 4 N–H and O–H groups in total. The molecule has 0 aliphatic rings. The van der Waals surface area contributed by atoms with Crippen LogP contribution in [0.15, 0.2) is 42.6 Å². The molecule has 2 rings (SSSR count). The lowest BCUT2D eigenvalue weighted by Gasteiger charge is -1.91. The summed E-state index contributed by atoms with van der Waals surface area (Å²) in [4.78, 5) is 4.18. The Morgan fingerprint density at radius 1 is 1.07 bits per heavy atom. The predicted molar refractivity (Wildman–Crippen MR) is 62.7 cm³/mol. The normalized spacial score (nSPS) is 8.86. The zero-order valence-corrected chi connectivity index (χ0v) is 8.37. The van der Waals surface area contributed by atoms with Crippen LogP contribution in [0.1, 0.15) is 0 Å². The van der Waals surface area contributed by atoms with E-state index in [9.17, 15) is 0 Å². The number of hydrogen-bond acceptors (Lipinski definition) is 2. The fourth-order valence-electron chi connectivity index (χ4n) is 1.02. The van der Waals surface area contributed by atoms with Crippen LogP contribution in [-0.4, -0.2) is 10.1 Å². The lowest BCUT2D eigenvalue weighted by atomic mass is 10.2. The van der Waals surface area contributed by atoms with Crippen molar-refractivity contribution in [3.63, 3.8) is 0 Å². The molecule has 0 radical (unpaired) electrons. The van der Waals surface area contributed by atoms with E-state index in [1.165, 1.54) is 5.39 Å². The number of fused-ring (bicyclic) bond motifs is 1. The van der Waals surface area contributed by atoms with Gasteiger partial charge in [-0.25, -0.2) is 0 Å². The number of pyridine rings is 1. The van der Waals surface area contributed by atoms with E-state index in [1.807, 2.05) is 30.5 Å². The van der Waals surface area contributed by atoms with Crippen LogP contribution in [0.25, 0.3) is 10.9 Å². The highest BCUT2D eigenvalue weighted by atomic mass is 32.1. The molecule has 0 bridgehead atoms. The Bertz CT molecular complexity index is 359. The molecule has 0 saturated heterocycles. The summed E-state index contributed by atoms with van der Waals surface area (Å²) in [6.07, 6.45) is 1.81. The van der Waals surface area contributed by atoms with Gasteiger partial charge in [0.25, 0.3) is 0 Å². The Hall–Kier alpha value is -1.68. The Kier molecular flexibility index (Phi) is 3.82. The quantitative estimate of drug-likeness (QED) is 0.638. The van der Waals surface area contributed by atoms with Gasteiger partial charge >= 0.3 is 0 Å². The molecule has 0 atom stereocenters. The molecule has 3 nitrogen and oxygen atoms in total. The molecule has 0 saturated carbocycles. The van der Waals surface area contributed by atoms with Crippen molar-refractivity contribution in [1.29, 1.82) is 0 Å². The Morgan fingerprint density at radius 3 is 2.29 bits per heavy atom. The zero-order valence-electron chi connectivity index (χ0n) is 7.55. The topological polar surface area (TPSA) is 64.9 Å². The fourth-order valence-corrected chi connectivity index (χ4v) is 1.02. The maximum absolute atomic E-state index is 4.62. The largest absolute Gasteiger partial charge is 0.377 e. The number of hydrogen-bond donors (Lipinski definition) is 2. The standard InChI is InChI=1S/C9H7N.CH4N2S/c1-2-6-9-8(4-1)5-3-7-10-9;2-1(3)4/h1-7H;(H4,2,3,4). The highest BCUT2D eigenvalue weighted by Crippen LogP contribution is 2.07. The lowest BCUT2D eigenvalue weighted by molar-refractivity contribution is 1.41. The Balaban J connectivity index is 0.000000213. The minimum absolute atomic E-state index is 0.000000000000000222. The summed E-state index contributed by atoms with van der Waals surface area (Å²) in [5.74, 6) is 0. The molecule has 0 aliphatic heterocycles. The van der Waals surface area contributed by atoms with Gasteiger partial charge in [0.05, 0.1) is 5.52 Å². The zero-order chi connectivity index (χ0) is 10.4. The van der Waals surface area contributed by atoms with Crippen molar-refractivity contribution in [2.75, 3.05) is 0 Å². The molecule has 2 aromatic rings. The first-order valence-electron chi connectivity index (χ1n) is 4.05. The van der Waals surface area contributed by atoms with Gasteiger partial charge in [-0.1, -0.05) is 24.3 Å². The number of benzene rings is 1. The van der Waals surface area contributed by atoms with E-state index in [0.29, 0.717) is 0 Å².